The standard InChI is InChI=1S/C14H21NO4/c1-8(2)5-10-7-11(6-9(3)4)13(16)14(17)12(10)15(18)19/h7-9,16-17H,5-6H2,1-4H3. The van der Waals surface area contributed by atoms with E-state index < -0.39 is 10.7 Å². The van der Waals surface area contributed by atoms with Gasteiger partial charge in [0.1, 0.15) is 0 Å². The average Bonchev–Trinajstić information content (AvgIpc) is 2.23. The molecule has 0 saturated carbocycles. The van der Waals surface area contributed by atoms with Crippen LogP contribution in [-0.2, 0) is 12.8 Å². The summed E-state index contributed by atoms with van der Waals surface area (Å²) in [7, 11) is 0. The number of phenols is 2. The van der Waals surface area contributed by atoms with Crippen LogP contribution < -0.4 is 0 Å². The average molecular weight is 267 g/mol. The number of nitrogens with zero attached hydrogens (tertiary/aromatic N) is 1. The minimum Gasteiger partial charge on any atom is -0.504 e. The van der Waals surface area contributed by atoms with Gasteiger partial charge in [0.2, 0.25) is 5.75 Å². The number of nitro groups is 1. The van der Waals surface area contributed by atoms with Crippen LogP contribution in [0.5, 0.6) is 11.5 Å². The number of hydrogen-bond donors (Lipinski definition) is 2. The zero-order valence-electron chi connectivity index (χ0n) is 11.8. The Labute approximate surface area is 113 Å². The van der Waals surface area contributed by atoms with Gasteiger partial charge < -0.3 is 10.2 Å². The molecule has 0 fully saturated rings. The smallest absolute Gasteiger partial charge is 0.317 e. The highest BCUT2D eigenvalue weighted by Crippen LogP contribution is 2.42. The molecule has 0 spiro atoms. The van der Waals surface area contributed by atoms with E-state index in [0.29, 0.717) is 29.9 Å². The van der Waals surface area contributed by atoms with Crippen LogP contribution >= 0.6 is 0 Å². The molecule has 0 saturated heterocycles. The lowest BCUT2D eigenvalue weighted by Gasteiger charge is -2.13. The van der Waals surface area contributed by atoms with E-state index in [4.69, 9.17) is 0 Å². The quantitative estimate of drug-likeness (QED) is 0.486. The monoisotopic (exact) mass is 267 g/mol. The minimum atomic E-state index is -0.633. The molecular weight excluding hydrogens is 246 g/mol. The van der Waals surface area contributed by atoms with Gasteiger partial charge >= 0.3 is 5.69 Å². The Balaban J connectivity index is 3.40. The summed E-state index contributed by atoms with van der Waals surface area (Å²) in [5.41, 5.74) is 0.665. The van der Waals surface area contributed by atoms with Gasteiger partial charge in [-0.15, -0.1) is 0 Å². The number of rotatable bonds is 5. The largest absolute Gasteiger partial charge is 0.504 e. The first-order valence-electron chi connectivity index (χ1n) is 6.45. The van der Waals surface area contributed by atoms with Crippen molar-refractivity contribution < 1.29 is 15.1 Å². The molecule has 0 amide bonds. The fourth-order valence-electron chi connectivity index (χ4n) is 2.16. The number of hydrogen-bond acceptors (Lipinski definition) is 4. The third-order valence-corrected chi connectivity index (χ3v) is 2.84. The first kappa shape index (κ1) is 15.3. The molecule has 2 N–H and O–H groups in total. The van der Waals surface area contributed by atoms with Gasteiger partial charge in [0.25, 0.3) is 0 Å². The van der Waals surface area contributed by atoms with Crippen LogP contribution in [0.4, 0.5) is 5.69 Å². The maximum absolute atomic E-state index is 11.0. The highest BCUT2D eigenvalue weighted by Gasteiger charge is 2.26. The summed E-state index contributed by atoms with van der Waals surface area (Å²) in [4.78, 5) is 10.4. The maximum atomic E-state index is 11.0. The summed E-state index contributed by atoms with van der Waals surface area (Å²) in [6, 6.07) is 1.65. The van der Waals surface area contributed by atoms with Crippen LogP contribution in [-0.4, -0.2) is 15.1 Å². The summed E-state index contributed by atoms with van der Waals surface area (Å²) in [5.74, 6) is -0.458. The second-order valence-corrected chi connectivity index (χ2v) is 5.69. The Morgan fingerprint density at radius 2 is 1.53 bits per heavy atom. The van der Waals surface area contributed by atoms with Crippen molar-refractivity contribution in [3.8, 4) is 11.5 Å². The first-order valence-corrected chi connectivity index (χ1v) is 6.45. The van der Waals surface area contributed by atoms with Crippen molar-refractivity contribution in [3.05, 3.63) is 27.3 Å². The van der Waals surface area contributed by atoms with E-state index in [0.717, 1.165) is 0 Å². The number of benzene rings is 1. The van der Waals surface area contributed by atoms with E-state index in [1.54, 1.807) is 6.07 Å². The maximum Gasteiger partial charge on any atom is 0.317 e. The Morgan fingerprint density at radius 3 is 1.95 bits per heavy atom. The van der Waals surface area contributed by atoms with Crippen molar-refractivity contribution in [3.63, 3.8) is 0 Å². The number of aromatic hydroxyl groups is 2. The Hall–Kier alpha value is -1.78. The zero-order valence-corrected chi connectivity index (χ0v) is 11.8. The van der Waals surface area contributed by atoms with Crippen LogP contribution in [0.3, 0.4) is 0 Å². The molecule has 0 radical (unpaired) electrons. The second-order valence-electron chi connectivity index (χ2n) is 5.69. The highest BCUT2D eigenvalue weighted by atomic mass is 16.6. The summed E-state index contributed by atoms with van der Waals surface area (Å²) in [6.45, 7) is 7.88. The predicted molar refractivity (Wildman–Crippen MR) is 73.5 cm³/mol. The van der Waals surface area contributed by atoms with Crippen molar-refractivity contribution in [2.24, 2.45) is 11.8 Å². The van der Waals surface area contributed by atoms with Crippen molar-refractivity contribution >= 4 is 5.69 Å². The molecule has 106 valence electrons. The fourth-order valence-corrected chi connectivity index (χ4v) is 2.16. The Kier molecular flexibility index (Phi) is 4.75. The van der Waals surface area contributed by atoms with E-state index in [2.05, 4.69) is 0 Å². The van der Waals surface area contributed by atoms with Crippen LogP contribution in [0.1, 0.15) is 38.8 Å². The topological polar surface area (TPSA) is 83.6 Å². The third kappa shape index (κ3) is 3.59. The van der Waals surface area contributed by atoms with Crippen LogP contribution in [0.15, 0.2) is 6.07 Å². The summed E-state index contributed by atoms with van der Waals surface area (Å²) in [6.07, 6.45) is 1.07. The highest BCUT2D eigenvalue weighted by molar-refractivity contribution is 5.62. The summed E-state index contributed by atoms with van der Waals surface area (Å²) >= 11 is 0. The molecule has 0 aliphatic heterocycles. The lowest BCUT2D eigenvalue weighted by Crippen LogP contribution is -2.04. The molecule has 0 aliphatic carbocycles. The van der Waals surface area contributed by atoms with Crippen LogP contribution in [0, 0.1) is 22.0 Å². The molecule has 0 unspecified atom stereocenters. The molecule has 19 heavy (non-hydrogen) atoms. The molecule has 0 aliphatic rings. The predicted octanol–water partition coefficient (Wildman–Crippen LogP) is 3.40. The second kappa shape index (κ2) is 5.91. The molecule has 5 heteroatoms. The third-order valence-electron chi connectivity index (χ3n) is 2.84. The zero-order chi connectivity index (χ0) is 14.7. The molecule has 1 aromatic rings. The summed E-state index contributed by atoms with van der Waals surface area (Å²) < 4.78 is 0. The van der Waals surface area contributed by atoms with E-state index in [9.17, 15) is 20.3 Å². The molecule has 1 aromatic carbocycles. The Morgan fingerprint density at radius 1 is 1.05 bits per heavy atom. The van der Waals surface area contributed by atoms with Gasteiger partial charge in [-0.3, -0.25) is 10.1 Å². The van der Waals surface area contributed by atoms with Gasteiger partial charge in [0.15, 0.2) is 5.75 Å². The van der Waals surface area contributed by atoms with Crippen molar-refractivity contribution in [1.82, 2.24) is 0 Å². The molecule has 5 nitrogen and oxygen atoms in total. The van der Waals surface area contributed by atoms with Crippen molar-refractivity contribution in [1.29, 1.82) is 0 Å². The lowest BCUT2D eigenvalue weighted by molar-refractivity contribution is -0.386. The van der Waals surface area contributed by atoms with E-state index in [1.165, 1.54) is 0 Å². The number of phenolic OH excluding ortho intramolecular Hbond substituents is 2. The van der Waals surface area contributed by atoms with Gasteiger partial charge in [0.05, 0.1) is 4.92 Å². The summed E-state index contributed by atoms with van der Waals surface area (Å²) in [5, 5.41) is 30.8. The number of nitro benzene ring substituents is 1. The van der Waals surface area contributed by atoms with Gasteiger partial charge in [-0.1, -0.05) is 27.7 Å². The molecule has 1 rings (SSSR count). The van der Waals surface area contributed by atoms with Crippen LogP contribution in [0.2, 0.25) is 0 Å². The van der Waals surface area contributed by atoms with Gasteiger partial charge in [0, 0.05) is 5.56 Å². The van der Waals surface area contributed by atoms with Gasteiger partial charge in [-0.05, 0) is 36.3 Å². The molecule has 0 atom stereocenters. The van der Waals surface area contributed by atoms with E-state index >= 15 is 0 Å². The van der Waals surface area contributed by atoms with Crippen LogP contribution in [0.25, 0.3) is 0 Å². The lowest BCUT2D eigenvalue weighted by atomic mass is 9.94. The first-order chi connectivity index (χ1) is 8.73. The van der Waals surface area contributed by atoms with Gasteiger partial charge in [-0.2, -0.15) is 0 Å². The minimum absolute atomic E-state index is 0.231. The normalized spacial score (nSPS) is 11.3. The molecule has 0 bridgehead atoms. The van der Waals surface area contributed by atoms with Gasteiger partial charge in [-0.25, -0.2) is 0 Å². The van der Waals surface area contributed by atoms with E-state index in [-0.39, 0.29) is 17.4 Å². The molecular formula is C14H21NO4. The Bertz CT molecular complexity index is 481. The fraction of sp³-hybridized carbons (Fsp3) is 0.571. The van der Waals surface area contributed by atoms with Crippen molar-refractivity contribution in [2.45, 2.75) is 40.5 Å². The SMILES string of the molecule is CC(C)Cc1cc(CC(C)C)c([N+](=O)[O-])c(O)c1O. The molecule has 0 aromatic heterocycles. The van der Waals surface area contributed by atoms with Crippen molar-refractivity contribution in [2.75, 3.05) is 0 Å². The van der Waals surface area contributed by atoms with E-state index in [1.807, 2.05) is 27.7 Å². The molecule has 0 heterocycles.